The Balaban J connectivity index is 1.54. The van der Waals surface area contributed by atoms with Gasteiger partial charge < -0.3 is 9.47 Å². The lowest BCUT2D eigenvalue weighted by molar-refractivity contribution is -0.151. The molecule has 2 saturated carbocycles. The maximum Gasteiger partial charge on any atom is 0.330 e. The fraction of sp³-hybridized carbons (Fsp3) is 0.818. The zero-order valence-corrected chi connectivity index (χ0v) is 17.0. The summed E-state index contributed by atoms with van der Waals surface area (Å²) in [5.41, 5.74) is 0. The Labute approximate surface area is 171 Å². The summed E-state index contributed by atoms with van der Waals surface area (Å²) in [4.78, 5) is 22.9. The number of halogens is 3. The standard InChI is InChI=1S/C22H33F3O4/c1-2-20(26)28-12-6-4-3-5-7-21(27)29-17-10-8-15(9-11-17)16-13-18(23)22(25)19(24)14-16/h2,15-19,22H,1,3-14H2. The lowest BCUT2D eigenvalue weighted by Crippen LogP contribution is -2.40. The van der Waals surface area contributed by atoms with Gasteiger partial charge in [0.05, 0.1) is 6.61 Å². The Morgan fingerprint density at radius 1 is 0.897 bits per heavy atom. The number of hydrogen-bond acceptors (Lipinski definition) is 4. The molecule has 2 rings (SSSR count). The SMILES string of the molecule is C=CC(=O)OCCCCCCC(=O)OC1CCC(C2CC(F)C(F)C(F)C2)CC1. The summed E-state index contributed by atoms with van der Waals surface area (Å²) in [5, 5.41) is 0. The van der Waals surface area contributed by atoms with Crippen molar-refractivity contribution in [2.45, 2.75) is 95.2 Å². The quantitative estimate of drug-likeness (QED) is 0.278. The third-order valence-corrected chi connectivity index (χ3v) is 6.12. The normalized spacial score (nSPS) is 32.4. The number of ether oxygens (including phenoxy) is 2. The van der Waals surface area contributed by atoms with E-state index in [-0.39, 0.29) is 36.8 Å². The van der Waals surface area contributed by atoms with Gasteiger partial charge in [0.2, 0.25) is 0 Å². The van der Waals surface area contributed by atoms with E-state index in [0.717, 1.165) is 44.6 Å². The van der Waals surface area contributed by atoms with Gasteiger partial charge in [-0.2, -0.15) is 0 Å². The molecule has 0 aliphatic heterocycles. The van der Waals surface area contributed by atoms with Crippen LogP contribution in [0.1, 0.15) is 70.6 Å². The minimum atomic E-state index is -1.98. The van der Waals surface area contributed by atoms with E-state index in [1.54, 1.807) is 0 Å². The predicted octanol–water partition coefficient (Wildman–Crippen LogP) is 5.19. The molecule has 29 heavy (non-hydrogen) atoms. The number of alkyl halides is 3. The van der Waals surface area contributed by atoms with Crippen molar-refractivity contribution in [1.82, 2.24) is 0 Å². The number of hydrogen-bond donors (Lipinski definition) is 0. The molecule has 2 aliphatic rings. The summed E-state index contributed by atoms with van der Waals surface area (Å²) in [7, 11) is 0. The summed E-state index contributed by atoms with van der Waals surface area (Å²) < 4.78 is 51.0. The highest BCUT2D eigenvalue weighted by molar-refractivity contribution is 5.81. The molecule has 0 radical (unpaired) electrons. The molecule has 0 aromatic carbocycles. The van der Waals surface area contributed by atoms with Gasteiger partial charge in [-0.1, -0.05) is 19.4 Å². The number of carbonyl (C=O) groups excluding carboxylic acids is 2. The van der Waals surface area contributed by atoms with Crippen molar-refractivity contribution in [2.75, 3.05) is 6.61 Å². The van der Waals surface area contributed by atoms with Gasteiger partial charge in [0.25, 0.3) is 0 Å². The van der Waals surface area contributed by atoms with Crippen LogP contribution >= 0.6 is 0 Å². The van der Waals surface area contributed by atoms with E-state index in [0.29, 0.717) is 25.9 Å². The zero-order chi connectivity index (χ0) is 21.2. The van der Waals surface area contributed by atoms with Crippen molar-refractivity contribution >= 4 is 11.9 Å². The van der Waals surface area contributed by atoms with Gasteiger partial charge in [-0.05, 0) is 63.2 Å². The highest BCUT2D eigenvalue weighted by Gasteiger charge is 2.42. The molecule has 0 spiro atoms. The first-order valence-corrected chi connectivity index (χ1v) is 10.8. The van der Waals surface area contributed by atoms with Gasteiger partial charge in [-0.25, -0.2) is 18.0 Å². The number of unbranched alkanes of at least 4 members (excludes halogenated alkanes) is 3. The summed E-state index contributed by atoms with van der Waals surface area (Å²) >= 11 is 0. The molecule has 4 nitrogen and oxygen atoms in total. The first-order valence-electron chi connectivity index (χ1n) is 10.8. The third-order valence-electron chi connectivity index (χ3n) is 6.12. The maximum atomic E-state index is 13.6. The van der Waals surface area contributed by atoms with Gasteiger partial charge >= 0.3 is 11.9 Å². The van der Waals surface area contributed by atoms with Crippen molar-refractivity contribution < 1.29 is 32.2 Å². The van der Waals surface area contributed by atoms with Crippen LogP contribution in [-0.4, -0.2) is 43.2 Å². The average molecular weight is 418 g/mol. The molecule has 2 fully saturated rings. The molecular weight excluding hydrogens is 385 g/mol. The lowest BCUT2D eigenvalue weighted by Gasteiger charge is -2.38. The Morgan fingerprint density at radius 3 is 2.14 bits per heavy atom. The molecule has 0 N–H and O–H groups in total. The molecular formula is C22H33F3O4. The molecule has 0 aromatic heterocycles. The molecule has 7 heteroatoms. The molecule has 2 unspecified atom stereocenters. The molecule has 0 aromatic rings. The predicted molar refractivity (Wildman–Crippen MR) is 103 cm³/mol. The van der Waals surface area contributed by atoms with Crippen LogP contribution in [0.3, 0.4) is 0 Å². The van der Waals surface area contributed by atoms with Crippen LogP contribution in [-0.2, 0) is 19.1 Å². The van der Waals surface area contributed by atoms with Crippen LogP contribution < -0.4 is 0 Å². The van der Waals surface area contributed by atoms with Crippen molar-refractivity contribution in [3.05, 3.63) is 12.7 Å². The highest BCUT2D eigenvalue weighted by Crippen LogP contribution is 2.41. The summed E-state index contributed by atoms with van der Waals surface area (Å²) in [6.07, 6.45) is 2.33. The Bertz CT molecular complexity index is 522. The monoisotopic (exact) mass is 418 g/mol. The van der Waals surface area contributed by atoms with Crippen molar-refractivity contribution in [1.29, 1.82) is 0 Å². The van der Waals surface area contributed by atoms with Gasteiger partial charge in [0, 0.05) is 12.5 Å². The highest BCUT2D eigenvalue weighted by atomic mass is 19.2. The van der Waals surface area contributed by atoms with E-state index in [4.69, 9.17) is 9.47 Å². The molecule has 2 atom stereocenters. The number of rotatable bonds is 10. The first kappa shape index (κ1) is 23.7. The Hall–Kier alpha value is -1.53. The molecule has 0 heterocycles. The topological polar surface area (TPSA) is 52.6 Å². The van der Waals surface area contributed by atoms with Crippen LogP contribution in [0.4, 0.5) is 13.2 Å². The fourth-order valence-electron chi connectivity index (χ4n) is 4.43. The van der Waals surface area contributed by atoms with Gasteiger partial charge in [0.15, 0.2) is 6.17 Å². The summed E-state index contributed by atoms with van der Waals surface area (Å²) in [6, 6.07) is 0. The van der Waals surface area contributed by atoms with Crippen LogP contribution in [0.2, 0.25) is 0 Å². The van der Waals surface area contributed by atoms with Gasteiger partial charge in [0.1, 0.15) is 18.4 Å². The van der Waals surface area contributed by atoms with E-state index in [9.17, 15) is 22.8 Å². The van der Waals surface area contributed by atoms with Gasteiger partial charge in [-0.15, -0.1) is 0 Å². The largest absolute Gasteiger partial charge is 0.463 e. The van der Waals surface area contributed by atoms with Crippen molar-refractivity contribution in [3.8, 4) is 0 Å². The van der Waals surface area contributed by atoms with Crippen molar-refractivity contribution in [2.24, 2.45) is 11.8 Å². The first-order chi connectivity index (χ1) is 13.9. The minimum absolute atomic E-state index is 0.101. The van der Waals surface area contributed by atoms with E-state index in [2.05, 4.69) is 6.58 Å². The summed E-state index contributed by atoms with van der Waals surface area (Å²) in [5.74, 6) is -0.567. The second-order valence-electron chi connectivity index (χ2n) is 8.27. The molecule has 2 aliphatic carbocycles. The third kappa shape index (κ3) is 8.01. The van der Waals surface area contributed by atoms with Crippen LogP contribution in [0.25, 0.3) is 0 Å². The lowest BCUT2D eigenvalue weighted by atomic mass is 9.71. The number of carbonyl (C=O) groups is 2. The van der Waals surface area contributed by atoms with Crippen molar-refractivity contribution in [3.63, 3.8) is 0 Å². The molecule has 0 amide bonds. The minimum Gasteiger partial charge on any atom is -0.463 e. The average Bonchev–Trinajstić information content (AvgIpc) is 2.71. The van der Waals surface area contributed by atoms with E-state index < -0.39 is 24.5 Å². The molecule has 0 saturated heterocycles. The second kappa shape index (κ2) is 12.2. The Kier molecular flexibility index (Phi) is 10.0. The van der Waals surface area contributed by atoms with E-state index >= 15 is 0 Å². The van der Waals surface area contributed by atoms with Crippen LogP contribution in [0.15, 0.2) is 12.7 Å². The maximum absolute atomic E-state index is 13.6. The molecule has 166 valence electrons. The van der Waals surface area contributed by atoms with Gasteiger partial charge in [-0.3, -0.25) is 4.79 Å². The van der Waals surface area contributed by atoms with Crippen LogP contribution in [0.5, 0.6) is 0 Å². The second-order valence-corrected chi connectivity index (χ2v) is 8.27. The fourth-order valence-corrected chi connectivity index (χ4v) is 4.43. The summed E-state index contributed by atoms with van der Waals surface area (Å²) in [6.45, 7) is 3.68. The van der Waals surface area contributed by atoms with E-state index in [1.807, 2.05) is 0 Å². The smallest absolute Gasteiger partial charge is 0.330 e. The zero-order valence-electron chi connectivity index (χ0n) is 17.0. The Morgan fingerprint density at radius 2 is 1.52 bits per heavy atom. The molecule has 0 bridgehead atoms. The number of esters is 2. The van der Waals surface area contributed by atoms with E-state index in [1.165, 1.54) is 0 Å². The van der Waals surface area contributed by atoms with Crippen LogP contribution in [0, 0.1) is 11.8 Å².